The molecule has 5 heteroatoms. The third kappa shape index (κ3) is 3.06. The normalized spacial score (nSPS) is 30.0. The predicted molar refractivity (Wildman–Crippen MR) is 113 cm³/mol. The van der Waals surface area contributed by atoms with Crippen LogP contribution in [0.5, 0.6) is 5.75 Å². The first-order chi connectivity index (χ1) is 14.0. The van der Waals surface area contributed by atoms with Crippen LogP contribution in [0, 0.1) is 17.8 Å². The van der Waals surface area contributed by atoms with Crippen molar-refractivity contribution in [1.29, 1.82) is 0 Å². The van der Waals surface area contributed by atoms with Crippen LogP contribution < -0.4 is 10.9 Å². The minimum atomic E-state index is -0.398. The number of fused-ring (bicyclic) bond motifs is 1. The lowest BCUT2D eigenvalue weighted by atomic mass is 9.53. The lowest BCUT2D eigenvalue weighted by Gasteiger charge is -2.56. The van der Waals surface area contributed by atoms with Gasteiger partial charge in [-0.05, 0) is 74.8 Å². The van der Waals surface area contributed by atoms with Gasteiger partial charge in [0.2, 0.25) is 0 Å². The Bertz CT molecular complexity index is 987. The van der Waals surface area contributed by atoms with Gasteiger partial charge in [-0.2, -0.15) is 0 Å². The van der Waals surface area contributed by atoms with Crippen molar-refractivity contribution in [3.8, 4) is 5.75 Å². The molecule has 0 aliphatic heterocycles. The average Bonchev–Trinajstić information content (AvgIpc) is 2.66. The van der Waals surface area contributed by atoms with Crippen LogP contribution in [-0.4, -0.2) is 21.1 Å². The number of nitrogens with one attached hydrogen (secondary N) is 1. The number of hydrogen-bond acceptors (Lipinski definition) is 3. The minimum absolute atomic E-state index is 0.0875. The standard InChI is InChI=1S/C24H30N2O3/c1-2-3-8-26-19-7-5-4-6-18(19)21(27)20(23(26)29)22(28)25-24-12-15-9-16(13-24)11-17(10-15)14-24/h4-7,15-17,27H,2-3,8-14H2,1H3,(H,25,28). The molecule has 1 heterocycles. The van der Waals surface area contributed by atoms with E-state index in [4.69, 9.17) is 0 Å². The maximum atomic E-state index is 13.4. The summed E-state index contributed by atoms with van der Waals surface area (Å²) in [4.78, 5) is 26.6. The molecule has 0 atom stereocenters. The summed E-state index contributed by atoms with van der Waals surface area (Å²) in [6.45, 7) is 2.63. The van der Waals surface area contributed by atoms with Gasteiger partial charge < -0.3 is 15.0 Å². The second-order valence-corrected chi connectivity index (χ2v) is 9.70. The fraction of sp³-hybridized carbons (Fsp3) is 0.583. The van der Waals surface area contributed by atoms with Gasteiger partial charge in [-0.25, -0.2) is 0 Å². The van der Waals surface area contributed by atoms with Crippen LogP contribution in [0.25, 0.3) is 10.9 Å². The maximum Gasteiger partial charge on any atom is 0.267 e. The first-order valence-electron chi connectivity index (χ1n) is 11.2. The summed E-state index contributed by atoms with van der Waals surface area (Å²) in [5.41, 5.74) is 0.0344. The van der Waals surface area contributed by atoms with E-state index in [1.165, 1.54) is 19.3 Å². The maximum absolute atomic E-state index is 13.4. The summed E-state index contributed by atoms with van der Waals surface area (Å²) in [6, 6.07) is 7.32. The predicted octanol–water partition coefficient (Wildman–Crippen LogP) is 4.21. The number of aromatic hydroxyl groups is 1. The number of aryl methyl sites for hydroxylation is 1. The number of unbranched alkanes of at least 4 members (excludes halogenated alkanes) is 1. The molecular weight excluding hydrogens is 364 g/mol. The van der Waals surface area contributed by atoms with E-state index in [1.54, 1.807) is 10.6 Å². The number of aromatic nitrogens is 1. The van der Waals surface area contributed by atoms with Gasteiger partial charge in [-0.1, -0.05) is 25.5 Å². The van der Waals surface area contributed by atoms with Crippen LogP contribution in [0.4, 0.5) is 0 Å². The Kier molecular flexibility index (Phi) is 4.45. The largest absolute Gasteiger partial charge is 0.506 e. The quantitative estimate of drug-likeness (QED) is 0.798. The number of pyridine rings is 1. The molecule has 4 aliphatic rings. The zero-order valence-corrected chi connectivity index (χ0v) is 17.1. The third-order valence-electron chi connectivity index (χ3n) is 7.53. The van der Waals surface area contributed by atoms with Crippen molar-refractivity contribution in [2.45, 2.75) is 70.4 Å². The second-order valence-electron chi connectivity index (χ2n) is 9.70. The Labute approximate surface area is 171 Å². The van der Waals surface area contributed by atoms with Crippen LogP contribution in [0.1, 0.15) is 68.6 Å². The van der Waals surface area contributed by atoms with Crippen molar-refractivity contribution in [3.63, 3.8) is 0 Å². The Morgan fingerprint density at radius 3 is 2.38 bits per heavy atom. The van der Waals surface area contributed by atoms with E-state index in [0.717, 1.165) is 32.1 Å². The molecule has 0 saturated heterocycles. The molecule has 5 nitrogen and oxygen atoms in total. The SMILES string of the molecule is CCCCn1c(=O)c(C(=O)NC23CC4CC(CC(C4)C2)C3)c(O)c2ccccc21. The Hall–Kier alpha value is -2.30. The molecule has 154 valence electrons. The van der Waals surface area contributed by atoms with E-state index in [-0.39, 0.29) is 22.4 Å². The number of carbonyl (C=O) groups excluding carboxylic acids is 1. The van der Waals surface area contributed by atoms with Gasteiger partial charge >= 0.3 is 0 Å². The van der Waals surface area contributed by atoms with Crippen LogP contribution in [0.3, 0.4) is 0 Å². The fourth-order valence-corrected chi connectivity index (χ4v) is 6.70. The van der Waals surface area contributed by atoms with Gasteiger partial charge in [-0.15, -0.1) is 0 Å². The zero-order chi connectivity index (χ0) is 20.2. The van der Waals surface area contributed by atoms with Crippen LogP contribution in [0.15, 0.2) is 29.1 Å². The minimum Gasteiger partial charge on any atom is -0.506 e. The van der Waals surface area contributed by atoms with Crippen molar-refractivity contribution in [3.05, 3.63) is 40.2 Å². The second kappa shape index (κ2) is 6.89. The van der Waals surface area contributed by atoms with Crippen molar-refractivity contribution in [2.24, 2.45) is 17.8 Å². The lowest BCUT2D eigenvalue weighted by Crippen LogP contribution is -2.60. The van der Waals surface area contributed by atoms with E-state index in [9.17, 15) is 14.7 Å². The van der Waals surface area contributed by atoms with E-state index >= 15 is 0 Å². The number of para-hydroxylation sites is 1. The van der Waals surface area contributed by atoms with Crippen LogP contribution in [-0.2, 0) is 6.54 Å². The van der Waals surface area contributed by atoms with Gasteiger partial charge in [0, 0.05) is 17.5 Å². The highest BCUT2D eigenvalue weighted by Gasteiger charge is 2.51. The van der Waals surface area contributed by atoms with Crippen molar-refractivity contribution in [1.82, 2.24) is 9.88 Å². The first-order valence-corrected chi connectivity index (χ1v) is 11.2. The molecule has 6 rings (SSSR count). The molecule has 0 radical (unpaired) electrons. The van der Waals surface area contributed by atoms with Gasteiger partial charge in [0.25, 0.3) is 11.5 Å². The van der Waals surface area contributed by atoms with E-state index < -0.39 is 5.91 Å². The number of carbonyl (C=O) groups is 1. The number of benzene rings is 1. The van der Waals surface area contributed by atoms with Crippen molar-refractivity contribution >= 4 is 16.8 Å². The lowest BCUT2D eigenvalue weighted by molar-refractivity contribution is -0.0167. The topological polar surface area (TPSA) is 71.3 Å². The number of nitrogens with zero attached hydrogens (tertiary/aromatic N) is 1. The van der Waals surface area contributed by atoms with E-state index in [2.05, 4.69) is 12.2 Å². The monoisotopic (exact) mass is 394 g/mol. The summed E-state index contributed by atoms with van der Waals surface area (Å²) < 4.78 is 1.66. The van der Waals surface area contributed by atoms with Gasteiger partial charge in [0.1, 0.15) is 11.3 Å². The van der Waals surface area contributed by atoms with Crippen molar-refractivity contribution in [2.75, 3.05) is 0 Å². The summed E-state index contributed by atoms with van der Waals surface area (Å²) >= 11 is 0. The molecule has 1 aromatic carbocycles. The van der Waals surface area contributed by atoms with Gasteiger partial charge in [0.15, 0.2) is 0 Å². The Morgan fingerprint density at radius 2 is 1.76 bits per heavy atom. The number of hydrogen-bond donors (Lipinski definition) is 2. The molecule has 29 heavy (non-hydrogen) atoms. The zero-order valence-electron chi connectivity index (χ0n) is 17.1. The molecule has 4 saturated carbocycles. The molecule has 1 amide bonds. The number of amides is 1. The highest BCUT2D eigenvalue weighted by molar-refractivity contribution is 6.02. The van der Waals surface area contributed by atoms with Crippen molar-refractivity contribution < 1.29 is 9.90 Å². The molecule has 4 bridgehead atoms. The Morgan fingerprint density at radius 1 is 1.14 bits per heavy atom. The number of rotatable bonds is 5. The van der Waals surface area contributed by atoms with Gasteiger partial charge in [-0.3, -0.25) is 9.59 Å². The summed E-state index contributed by atoms with van der Waals surface area (Å²) in [5.74, 6) is 1.53. The molecular formula is C24H30N2O3. The highest BCUT2D eigenvalue weighted by atomic mass is 16.3. The molecule has 2 N–H and O–H groups in total. The van der Waals surface area contributed by atoms with E-state index in [1.807, 2.05) is 18.2 Å². The molecule has 0 spiro atoms. The smallest absolute Gasteiger partial charge is 0.267 e. The summed E-state index contributed by atoms with van der Waals surface area (Å²) in [5, 5.41) is 14.7. The summed E-state index contributed by atoms with van der Waals surface area (Å²) in [6.07, 6.45) is 8.73. The molecule has 4 aliphatic carbocycles. The molecule has 4 fully saturated rings. The average molecular weight is 395 g/mol. The van der Waals surface area contributed by atoms with Crippen LogP contribution in [0.2, 0.25) is 0 Å². The Balaban J connectivity index is 1.54. The third-order valence-corrected chi connectivity index (χ3v) is 7.53. The van der Waals surface area contributed by atoms with E-state index in [0.29, 0.717) is 35.2 Å². The fourth-order valence-electron chi connectivity index (χ4n) is 6.70. The van der Waals surface area contributed by atoms with Crippen LogP contribution >= 0.6 is 0 Å². The molecule has 2 aromatic rings. The molecule has 0 unspecified atom stereocenters. The highest BCUT2D eigenvalue weighted by Crippen LogP contribution is 2.55. The summed E-state index contributed by atoms with van der Waals surface area (Å²) in [7, 11) is 0. The first kappa shape index (κ1) is 18.7. The molecule has 1 aromatic heterocycles. The van der Waals surface area contributed by atoms with Gasteiger partial charge in [0.05, 0.1) is 5.52 Å².